The summed E-state index contributed by atoms with van der Waals surface area (Å²) in [5.74, 6) is 0.545. The Morgan fingerprint density at radius 2 is 1.39 bits per heavy atom. The molecule has 3 nitrogen and oxygen atoms in total. The van der Waals surface area contributed by atoms with Crippen LogP contribution in [0.15, 0.2) is 60.7 Å². The first-order valence-electron chi connectivity index (χ1n) is 18.0. The van der Waals surface area contributed by atoms with Crippen molar-refractivity contribution in [2.24, 2.45) is 17.8 Å². The predicted molar refractivity (Wildman–Crippen MR) is 194 cm³/mol. The van der Waals surface area contributed by atoms with Crippen LogP contribution >= 0.6 is 0 Å². The largest absolute Gasteiger partial charge is 0.300 e. The van der Waals surface area contributed by atoms with Crippen molar-refractivity contribution in [3.05, 3.63) is 94.0 Å². The molecule has 248 valence electrons. The van der Waals surface area contributed by atoms with Crippen molar-refractivity contribution in [3.63, 3.8) is 0 Å². The molecule has 3 aromatic carbocycles. The average molecular weight is 623 g/mol. The highest BCUT2D eigenvalue weighted by Crippen LogP contribution is 2.40. The molecule has 0 radical (unpaired) electrons. The second-order valence-electron chi connectivity index (χ2n) is 13.6. The zero-order valence-electron chi connectivity index (χ0n) is 29.7. The van der Waals surface area contributed by atoms with Crippen LogP contribution in [0.2, 0.25) is 0 Å². The molecule has 1 aliphatic carbocycles. The van der Waals surface area contributed by atoms with E-state index >= 15 is 0 Å². The molecule has 3 unspecified atom stereocenters. The topological polar surface area (TPSA) is 51.2 Å². The van der Waals surface area contributed by atoms with Gasteiger partial charge in [-0.05, 0) is 110 Å². The van der Waals surface area contributed by atoms with E-state index in [-0.39, 0.29) is 41.5 Å². The van der Waals surface area contributed by atoms with Crippen molar-refractivity contribution in [3.8, 4) is 11.1 Å². The summed E-state index contributed by atoms with van der Waals surface area (Å²) in [4.78, 5) is 38.3. The Hall–Kier alpha value is -3.33. The van der Waals surface area contributed by atoms with E-state index in [0.717, 1.165) is 80.0 Å². The van der Waals surface area contributed by atoms with E-state index < -0.39 is 0 Å². The van der Waals surface area contributed by atoms with Gasteiger partial charge in [0.2, 0.25) is 0 Å². The molecule has 0 fully saturated rings. The standard InChI is InChI=1S/C40H50O3.C3H8/c1-6-10-34(35(8-3)38(42)23-28(5)41)24-32-25-37-36(22-13-27(4)40(37)39(43)26-32)33-20-18-31(19-21-33)12-9-11-30-16-14-29(7-2)15-17-30;1-3-2/h13-22,32,34-35H,6-12,23-26H2,1-5H3;3H2,1-2H3. The molecule has 3 atom stereocenters. The van der Waals surface area contributed by atoms with Crippen molar-refractivity contribution in [2.75, 3.05) is 0 Å². The molecule has 1 aliphatic rings. The SMILES string of the molecule is CCC.CCCC(CC1CC(=O)c2c(C)ccc(-c3ccc(CCCc4ccc(CC)cc4)cc3)c2C1)C(CC)C(=O)CC(C)=O. The minimum absolute atomic E-state index is 0.0243. The Bertz CT molecular complexity index is 1410. The van der Waals surface area contributed by atoms with Crippen LogP contribution in [0.5, 0.6) is 0 Å². The van der Waals surface area contributed by atoms with Crippen LogP contribution in [0.1, 0.15) is 131 Å². The third kappa shape index (κ3) is 10.3. The fraction of sp³-hybridized carbons (Fsp3) is 0.512. The van der Waals surface area contributed by atoms with Crippen molar-refractivity contribution in [1.82, 2.24) is 0 Å². The Morgan fingerprint density at radius 3 is 1.93 bits per heavy atom. The minimum Gasteiger partial charge on any atom is -0.300 e. The molecule has 0 amide bonds. The summed E-state index contributed by atoms with van der Waals surface area (Å²) in [6, 6.07) is 22.2. The van der Waals surface area contributed by atoms with Gasteiger partial charge in [0, 0.05) is 17.9 Å². The van der Waals surface area contributed by atoms with Gasteiger partial charge in [-0.25, -0.2) is 0 Å². The van der Waals surface area contributed by atoms with Gasteiger partial charge >= 0.3 is 0 Å². The van der Waals surface area contributed by atoms with E-state index in [4.69, 9.17) is 0 Å². The van der Waals surface area contributed by atoms with E-state index in [2.05, 4.69) is 95.3 Å². The molecule has 3 heteroatoms. The lowest BCUT2D eigenvalue weighted by atomic mass is 9.71. The molecule has 0 N–H and O–H groups in total. The average Bonchev–Trinajstić information content (AvgIpc) is 3.02. The molecular weight excluding hydrogens is 564 g/mol. The summed E-state index contributed by atoms with van der Waals surface area (Å²) in [5, 5.41) is 0. The molecular formula is C43H58O3. The molecule has 46 heavy (non-hydrogen) atoms. The maximum absolute atomic E-state index is 13.6. The quantitative estimate of drug-likeness (QED) is 0.158. The lowest BCUT2D eigenvalue weighted by Crippen LogP contribution is -2.30. The summed E-state index contributed by atoms with van der Waals surface area (Å²) < 4.78 is 0. The molecule has 3 aromatic rings. The number of ketones is 3. The number of carbonyl (C=O) groups is 3. The third-order valence-corrected chi connectivity index (χ3v) is 9.54. The number of carbonyl (C=O) groups excluding carboxylic acids is 3. The molecule has 4 rings (SSSR count). The van der Waals surface area contributed by atoms with Gasteiger partial charge < -0.3 is 0 Å². The molecule has 0 bridgehead atoms. The Morgan fingerprint density at radius 1 is 0.804 bits per heavy atom. The highest BCUT2D eigenvalue weighted by molar-refractivity contribution is 6.02. The van der Waals surface area contributed by atoms with Gasteiger partial charge in [0.05, 0.1) is 6.42 Å². The number of benzene rings is 3. The molecule has 0 spiro atoms. The van der Waals surface area contributed by atoms with Gasteiger partial charge in [-0.1, -0.05) is 115 Å². The van der Waals surface area contributed by atoms with Crippen LogP contribution in [0.3, 0.4) is 0 Å². The van der Waals surface area contributed by atoms with Crippen LogP contribution in [-0.4, -0.2) is 17.3 Å². The van der Waals surface area contributed by atoms with E-state index in [1.165, 1.54) is 35.6 Å². The molecule has 0 aromatic heterocycles. The van der Waals surface area contributed by atoms with Crippen molar-refractivity contribution < 1.29 is 14.4 Å². The fourth-order valence-corrected chi connectivity index (χ4v) is 7.30. The molecule has 0 saturated carbocycles. The second-order valence-corrected chi connectivity index (χ2v) is 13.6. The van der Waals surface area contributed by atoms with Gasteiger partial charge in [0.1, 0.15) is 11.6 Å². The summed E-state index contributed by atoms with van der Waals surface area (Å²) in [6.07, 6.45) is 10.5. The van der Waals surface area contributed by atoms with Gasteiger partial charge in [-0.15, -0.1) is 0 Å². The lowest BCUT2D eigenvalue weighted by molar-refractivity contribution is -0.129. The van der Waals surface area contributed by atoms with Gasteiger partial charge in [-0.2, -0.15) is 0 Å². The van der Waals surface area contributed by atoms with E-state index in [0.29, 0.717) is 6.42 Å². The highest BCUT2D eigenvalue weighted by atomic mass is 16.1. The van der Waals surface area contributed by atoms with Crippen LogP contribution in [0, 0.1) is 24.7 Å². The summed E-state index contributed by atoms with van der Waals surface area (Å²) >= 11 is 0. The van der Waals surface area contributed by atoms with Crippen LogP contribution in [0.25, 0.3) is 11.1 Å². The summed E-state index contributed by atoms with van der Waals surface area (Å²) in [7, 11) is 0. The first-order chi connectivity index (χ1) is 22.1. The molecule has 0 saturated heterocycles. The smallest absolute Gasteiger partial charge is 0.163 e. The van der Waals surface area contributed by atoms with Crippen molar-refractivity contribution >= 4 is 17.3 Å². The fourth-order valence-electron chi connectivity index (χ4n) is 7.30. The number of hydrogen-bond donors (Lipinski definition) is 0. The van der Waals surface area contributed by atoms with Crippen LogP contribution in [-0.2, 0) is 35.3 Å². The number of hydrogen-bond acceptors (Lipinski definition) is 3. The minimum atomic E-state index is -0.111. The molecule has 0 aliphatic heterocycles. The second kappa shape index (κ2) is 18.7. The highest BCUT2D eigenvalue weighted by Gasteiger charge is 2.34. The Labute approximate surface area is 279 Å². The normalized spacial score (nSPS) is 15.4. The lowest BCUT2D eigenvalue weighted by Gasteiger charge is -2.32. The maximum atomic E-state index is 13.6. The van der Waals surface area contributed by atoms with E-state index in [9.17, 15) is 14.4 Å². The van der Waals surface area contributed by atoms with Crippen LogP contribution < -0.4 is 0 Å². The zero-order valence-corrected chi connectivity index (χ0v) is 29.7. The first-order valence-corrected chi connectivity index (χ1v) is 18.0. The number of aryl methyl sites for hydroxylation is 4. The van der Waals surface area contributed by atoms with Crippen LogP contribution in [0.4, 0.5) is 0 Å². The molecule has 0 heterocycles. The third-order valence-electron chi connectivity index (χ3n) is 9.54. The van der Waals surface area contributed by atoms with Gasteiger partial charge in [0.15, 0.2) is 5.78 Å². The number of rotatable bonds is 15. The van der Waals surface area contributed by atoms with Crippen molar-refractivity contribution in [2.45, 2.75) is 126 Å². The van der Waals surface area contributed by atoms with Gasteiger partial charge in [0.25, 0.3) is 0 Å². The van der Waals surface area contributed by atoms with E-state index in [1.54, 1.807) is 0 Å². The Kier molecular flexibility index (Phi) is 15.1. The van der Waals surface area contributed by atoms with E-state index in [1.807, 2.05) is 6.92 Å². The first kappa shape index (κ1) is 37.1. The Balaban J connectivity index is 0.00000185. The summed E-state index contributed by atoms with van der Waals surface area (Å²) in [6.45, 7) is 14.2. The zero-order chi connectivity index (χ0) is 33.6. The summed E-state index contributed by atoms with van der Waals surface area (Å²) in [5.41, 5.74) is 9.57. The maximum Gasteiger partial charge on any atom is 0.163 e. The van der Waals surface area contributed by atoms with Gasteiger partial charge in [-0.3, -0.25) is 14.4 Å². The number of Topliss-reactive ketones (excluding diaryl/α,β-unsaturated/α-hetero) is 3. The van der Waals surface area contributed by atoms with Crippen molar-refractivity contribution in [1.29, 1.82) is 0 Å². The monoisotopic (exact) mass is 622 g/mol. The number of fused-ring (bicyclic) bond motifs is 1. The predicted octanol–water partition coefficient (Wildman–Crippen LogP) is 10.9.